The van der Waals surface area contributed by atoms with Crippen LogP contribution >= 0.6 is 15.9 Å². The Labute approximate surface area is 209 Å². The molecule has 2 aliphatic rings. The van der Waals surface area contributed by atoms with Crippen molar-refractivity contribution in [3.63, 3.8) is 0 Å². The number of nitrogens with zero attached hydrogens (tertiary/aromatic N) is 1. The molecular weight excluding hydrogens is 516 g/mol. The van der Waals surface area contributed by atoms with E-state index >= 15 is 0 Å². The number of hydrogen-bond acceptors (Lipinski definition) is 5. The van der Waals surface area contributed by atoms with E-state index in [4.69, 9.17) is 4.74 Å². The molecule has 4 rings (SSSR count). The maximum atomic E-state index is 13.4. The van der Waals surface area contributed by atoms with Gasteiger partial charge in [0.2, 0.25) is 5.91 Å². The summed E-state index contributed by atoms with van der Waals surface area (Å²) in [6, 6.07) is 15.2. The fourth-order valence-electron chi connectivity index (χ4n) is 5.59. The largest absolute Gasteiger partial charge is 0.432 e. The van der Waals surface area contributed by atoms with Crippen molar-refractivity contribution in [1.29, 1.82) is 0 Å². The number of amides is 2. The molecule has 0 radical (unpaired) electrons. The van der Waals surface area contributed by atoms with E-state index in [1.165, 1.54) is 0 Å². The maximum absolute atomic E-state index is 13.4. The number of hydrogen-bond donors (Lipinski definition) is 3. The molecule has 2 heterocycles. The molecule has 7 nitrogen and oxygen atoms in total. The van der Waals surface area contributed by atoms with Gasteiger partial charge in [-0.05, 0) is 36.9 Å². The first-order chi connectivity index (χ1) is 16.1. The molecule has 1 spiro atoms. The molecule has 34 heavy (non-hydrogen) atoms. The topological polar surface area (TPSA) is 99.1 Å². The van der Waals surface area contributed by atoms with Crippen LogP contribution in [0.15, 0.2) is 53.0 Å². The lowest BCUT2D eigenvalue weighted by atomic mass is 9.82. The van der Waals surface area contributed by atoms with Crippen molar-refractivity contribution in [2.45, 2.75) is 50.2 Å². The summed E-state index contributed by atoms with van der Waals surface area (Å²) in [7, 11) is -2.84. The minimum Gasteiger partial charge on any atom is -0.432 e. The van der Waals surface area contributed by atoms with E-state index in [9.17, 15) is 19.5 Å². The van der Waals surface area contributed by atoms with Crippen LogP contribution in [0.2, 0.25) is 18.6 Å². The lowest BCUT2D eigenvalue weighted by molar-refractivity contribution is -0.148. The van der Waals surface area contributed by atoms with E-state index in [1.54, 1.807) is 4.90 Å². The Balaban J connectivity index is 1.65. The highest BCUT2D eigenvalue weighted by Crippen LogP contribution is 2.58. The van der Waals surface area contributed by atoms with Crippen LogP contribution in [-0.4, -0.2) is 54.2 Å². The molecule has 1 saturated heterocycles. The molecule has 3 N–H and O–H groups in total. The third kappa shape index (κ3) is 4.47. The Hall–Kier alpha value is -2.04. The van der Waals surface area contributed by atoms with Crippen molar-refractivity contribution < 1.29 is 24.2 Å². The minimum absolute atomic E-state index is 0.0250. The van der Waals surface area contributed by atoms with Gasteiger partial charge in [0.05, 0.1) is 19.1 Å². The molecule has 2 aromatic rings. The molecule has 2 aromatic carbocycles. The summed E-state index contributed by atoms with van der Waals surface area (Å²) in [4.78, 5) is 39.6. The second-order valence-electron chi connectivity index (χ2n) is 9.73. The van der Waals surface area contributed by atoms with Gasteiger partial charge in [0, 0.05) is 40.3 Å². The number of ether oxygens (including phenoxy) is 1. The van der Waals surface area contributed by atoms with Crippen molar-refractivity contribution in [1.82, 2.24) is 4.90 Å². The first-order valence-electron chi connectivity index (χ1n) is 11.5. The summed E-state index contributed by atoms with van der Waals surface area (Å²) in [5.74, 6) is -0.765. The Kier molecular flexibility index (Phi) is 7.03. The number of benzene rings is 2. The summed E-state index contributed by atoms with van der Waals surface area (Å²) in [6.07, 6.45) is -0.598. The van der Waals surface area contributed by atoms with Crippen LogP contribution in [0.25, 0.3) is 0 Å². The lowest BCUT2D eigenvalue weighted by Crippen LogP contribution is -2.44. The van der Waals surface area contributed by atoms with Crippen LogP contribution in [0.3, 0.4) is 0 Å². The van der Waals surface area contributed by atoms with Crippen molar-refractivity contribution >= 4 is 41.7 Å². The molecule has 0 aliphatic carbocycles. The van der Waals surface area contributed by atoms with Crippen molar-refractivity contribution in [2.75, 3.05) is 18.5 Å². The van der Waals surface area contributed by atoms with E-state index in [2.05, 4.69) is 21.2 Å². The van der Waals surface area contributed by atoms with Gasteiger partial charge < -0.3 is 24.9 Å². The molecule has 0 unspecified atom stereocenters. The minimum atomic E-state index is -2.84. The molecule has 9 heteroatoms. The molecule has 0 aromatic heterocycles. The molecule has 0 bridgehead atoms. The Morgan fingerprint density at radius 1 is 1.24 bits per heavy atom. The van der Waals surface area contributed by atoms with Gasteiger partial charge in [-0.2, -0.15) is 0 Å². The van der Waals surface area contributed by atoms with E-state index < -0.39 is 20.0 Å². The highest BCUT2D eigenvalue weighted by atomic mass is 79.9. The first kappa shape index (κ1) is 25.1. The molecule has 182 valence electrons. The second kappa shape index (κ2) is 9.54. The molecule has 2 amide bonds. The number of fused-ring (bicyclic) bond motifs is 2. The number of nitrogens with one attached hydrogen (secondary N) is 1. The SMILES string of the molecule is C[C@@H]1[C@@H]([Si](C)(C)O)[C@H](CC(=O)N(CCO)Cc2ccccc2)O[C@@]12C(=O)Nc1ccc(Br)cc12. The van der Waals surface area contributed by atoms with Crippen molar-refractivity contribution in [3.8, 4) is 0 Å². The van der Waals surface area contributed by atoms with Gasteiger partial charge in [-0.15, -0.1) is 0 Å². The number of rotatable bonds is 7. The summed E-state index contributed by atoms with van der Waals surface area (Å²) in [5, 5.41) is 12.5. The van der Waals surface area contributed by atoms with E-state index in [0.29, 0.717) is 12.2 Å². The summed E-state index contributed by atoms with van der Waals surface area (Å²) < 4.78 is 7.36. The summed E-state index contributed by atoms with van der Waals surface area (Å²) in [6.45, 7) is 6.01. The summed E-state index contributed by atoms with van der Waals surface area (Å²) in [5.41, 5.74) is 0.787. The van der Waals surface area contributed by atoms with Crippen LogP contribution in [-0.2, 0) is 26.5 Å². The smallest absolute Gasteiger partial charge is 0.261 e. The van der Waals surface area contributed by atoms with Crippen LogP contribution in [0, 0.1) is 5.92 Å². The quantitative estimate of drug-likeness (QED) is 0.460. The average molecular weight is 548 g/mol. The van der Waals surface area contributed by atoms with E-state index in [1.807, 2.05) is 68.5 Å². The number of halogens is 1. The molecule has 1 fully saturated rings. The zero-order valence-corrected chi connectivity index (χ0v) is 22.2. The third-order valence-electron chi connectivity index (χ3n) is 7.02. The number of carbonyl (C=O) groups is 2. The zero-order valence-electron chi connectivity index (χ0n) is 19.6. The molecule has 0 saturated carbocycles. The van der Waals surface area contributed by atoms with Gasteiger partial charge >= 0.3 is 0 Å². The molecular formula is C25H31BrN2O5Si. The van der Waals surface area contributed by atoms with Gasteiger partial charge in [0.15, 0.2) is 13.9 Å². The number of carbonyl (C=O) groups excluding carboxylic acids is 2. The van der Waals surface area contributed by atoms with Crippen LogP contribution in [0.4, 0.5) is 5.69 Å². The van der Waals surface area contributed by atoms with Crippen molar-refractivity contribution in [3.05, 3.63) is 64.1 Å². The molecule has 4 atom stereocenters. The first-order valence-corrected chi connectivity index (χ1v) is 15.3. The van der Waals surface area contributed by atoms with Crippen LogP contribution < -0.4 is 5.32 Å². The van der Waals surface area contributed by atoms with Crippen LogP contribution in [0.5, 0.6) is 0 Å². The van der Waals surface area contributed by atoms with Gasteiger partial charge in [-0.25, -0.2) is 0 Å². The predicted molar refractivity (Wildman–Crippen MR) is 135 cm³/mol. The maximum Gasteiger partial charge on any atom is 0.261 e. The van der Waals surface area contributed by atoms with Gasteiger partial charge in [-0.3, -0.25) is 9.59 Å². The monoisotopic (exact) mass is 546 g/mol. The Bertz CT molecular complexity index is 1080. The average Bonchev–Trinajstić information content (AvgIpc) is 3.22. The normalized spacial score (nSPS) is 25.9. The number of aliphatic hydroxyl groups is 1. The molecule has 2 aliphatic heterocycles. The lowest BCUT2D eigenvalue weighted by Gasteiger charge is -2.32. The second-order valence-corrected chi connectivity index (χ2v) is 14.6. The van der Waals surface area contributed by atoms with Crippen molar-refractivity contribution in [2.24, 2.45) is 5.92 Å². The van der Waals surface area contributed by atoms with E-state index in [-0.39, 0.29) is 42.8 Å². The van der Waals surface area contributed by atoms with Gasteiger partial charge in [0.1, 0.15) is 0 Å². The van der Waals surface area contributed by atoms with E-state index in [0.717, 1.165) is 15.6 Å². The van der Waals surface area contributed by atoms with Gasteiger partial charge in [0.25, 0.3) is 5.91 Å². The summed E-state index contributed by atoms with van der Waals surface area (Å²) >= 11 is 3.49. The zero-order chi connectivity index (χ0) is 24.7. The fraction of sp³-hybridized carbons (Fsp3) is 0.440. The number of aliphatic hydroxyl groups excluding tert-OH is 1. The predicted octanol–water partition coefficient (Wildman–Crippen LogP) is 3.61. The Morgan fingerprint density at radius 2 is 1.94 bits per heavy atom. The van der Waals surface area contributed by atoms with Gasteiger partial charge in [-0.1, -0.05) is 53.2 Å². The highest BCUT2D eigenvalue weighted by Gasteiger charge is 2.64. The fourth-order valence-corrected chi connectivity index (χ4v) is 8.50. The third-order valence-corrected chi connectivity index (χ3v) is 10.0. The Morgan fingerprint density at radius 3 is 2.59 bits per heavy atom. The van der Waals surface area contributed by atoms with Crippen LogP contribution in [0.1, 0.15) is 24.5 Å². The standard InChI is InChI=1S/C25H31BrN2O5Si/c1-16-23(34(2,3)32)21(14-22(30)28(11-12-29)15-17-7-5-4-6-8-17)33-25(16)19-13-18(26)9-10-20(19)27-24(25)31/h4-10,13,16,21,23,29,32H,11-12,14-15H2,1-3H3,(H,27,31)/t16-,21+,23-,25+/m1/s1. The number of anilines is 1. The highest BCUT2D eigenvalue weighted by molar-refractivity contribution is 9.10.